The first kappa shape index (κ1) is 20.5. The number of thioether (sulfide) groups is 1. The summed E-state index contributed by atoms with van der Waals surface area (Å²) in [6.07, 6.45) is 1.92. The van der Waals surface area contributed by atoms with E-state index in [2.05, 4.69) is 15.5 Å². The van der Waals surface area contributed by atoms with Crippen molar-refractivity contribution < 1.29 is 19.0 Å². The molecule has 2 aromatic carbocycles. The second-order valence-corrected chi connectivity index (χ2v) is 6.63. The molecule has 0 aliphatic rings. The van der Waals surface area contributed by atoms with Crippen LogP contribution in [0.5, 0.6) is 17.2 Å². The van der Waals surface area contributed by atoms with Gasteiger partial charge in [0.1, 0.15) is 5.75 Å². The molecule has 152 valence electrons. The zero-order valence-corrected chi connectivity index (χ0v) is 17.4. The first-order chi connectivity index (χ1) is 14.1. The highest BCUT2D eigenvalue weighted by atomic mass is 32.2. The molecule has 29 heavy (non-hydrogen) atoms. The van der Waals surface area contributed by atoms with Crippen LogP contribution in [0.1, 0.15) is 16.2 Å². The molecule has 9 heteroatoms. The second-order valence-electron chi connectivity index (χ2n) is 5.86. The van der Waals surface area contributed by atoms with E-state index in [1.165, 1.54) is 26.0 Å². The molecule has 0 atom stereocenters. The number of para-hydroxylation sites is 1. The van der Waals surface area contributed by atoms with Gasteiger partial charge in [0.05, 0.1) is 33.4 Å². The van der Waals surface area contributed by atoms with Gasteiger partial charge in [0.25, 0.3) is 5.91 Å². The van der Waals surface area contributed by atoms with Gasteiger partial charge in [0.15, 0.2) is 22.5 Å². The number of rotatable bonds is 8. The number of hydrogen-bond donors (Lipinski definition) is 1. The van der Waals surface area contributed by atoms with Crippen LogP contribution in [-0.4, -0.2) is 48.3 Å². The molecular formula is C20H22N4O4S. The van der Waals surface area contributed by atoms with Gasteiger partial charge in [0.2, 0.25) is 0 Å². The molecule has 0 spiro atoms. The number of amides is 1. The SMILES string of the molecule is COc1ccc(-n2c(CNC(=O)c3cccc(OC)c3OC)nnc2SC)cc1. The topological polar surface area (TPSA) is 87.5 Å². The van der Waals surface area contributed by atoms with E-state index in [1.54, 1.807) is 25.3 Å². The number of carbonyl (C=O) groups is 1. The largest absolute Gasteiger partial charge is 0.497 e. The Labute approximate surface area is 173 Å². The van der Waals surface area contributed by atoms with Gasteiger partial charge < -0.3 is 19.5 Å². The summed E-state index contributed by atoms with van der Waals surface area (Å²) in [5.41, 5.74) is 1.26. The van der Waals surface area contributed by atoms with Gasteiger partial charge >= 0.3 is 0 Å². The zero-order valence-electron chi connectivity index (χ0n) is 16.6. The maximum absolute atomic E-state index is 12.7. The number of aromatic nitrogens is 3. The molecule has 0 aliphatic carbocycles. The first-order valence-electron chi connectivity index (χ1n) is 8.74. The standard InChI is InChI=1S/C20H22N4O4S/c1-26-14-10-8-13(9-11-14)24-17(22-23-20(24)29-4)12-21-19(25)15-6-5-7-16(27-2)18(15)28-3/h5-11H,12H2,1-4H3,(H,21,25). The van der Waals surface area contributed by atoms with Gasteiger partial charge in [-0.15, -0.1) is 10.2 Å². The average molecular weight is 414 g/mol. The van der Waals surface area contributed by atoms with E-state index >= 15 is 0 Å². The summed E-state index contributed by atoms with van der Waals surface area (Å²) in [6.45, 7) is 0.193. The lowest BCUT2D eigenvalue weighted by molar-refractivity contribution is 0.0946. The van der Waals surface area contributed by atoms with Gasteiger partial charge in [-0.05, 0) is 42.7 Å². The van der Waals surface area contributed by atoms with E-state index in [9.17, 15) is 4.79 Å². The third-order valence-electron chi connectivity index (χ3n) is 4.27. The number of methoxy groups -OCH3 is 3. The lowest BCUT2D eigenvalue weighted by Crippen LogP contribution is -2.25. The monoisotopic (exact) mass is 414 g/mol. The van der Waals surface area contributed by atoms with E-state index < -0.39 is 0 Å². The highest BCUT2D eigenvalue weighted by Crippen LogP contribution is 2.30. The van der Waals surface area contributed by atoms with E-state index in [0.29, 0.717) is 22.9 Å². The third-order valence-corrected chi connectivity index (χ3v) is 4.90. The maximum Gasteiger partial charge on any atom is 0.255 e. The Bertz CT molecular complexity index is 989. The molecular weight excluding hydrogens is 392 g/mol. The highest BCUT2D eigenvalue weighted by molar-refractivity contribution is 7.98. The third kappa shape index (κ3) is 4.29. The summed E-state index contributed by atoms with van der Waals surface area (Å²) in [7, 11) is 4.65. The van der Waals surface area contributed by atoms with Crippen LogP contribution in [0.2, 0.25) is 0 Å². The summed E-state index contributed by atoms with van der Waals surface area (Å²) >= 11 is 1.47. The number of nitrogens with one attached hydrogen (secondary N) is 1. The van der Waals surface area contributed by atoms with Crippen LogP contribution in [0.3, 0.4) is 0 Å². The maximum atomic E-state index is 12.7. The van der Waals surface area contributed by atoms with Gasteiger partial charge in [-0.2, -0.15) is 0 Å². The van der Waals surface area contributed by atoms with Crippen molar-refractivity contribution >= 4 is 17.7 Å². The van der Waals surface area contributed by atoms with Crippen molar-refractivity contribution in [2.45, 2.75) is 11.7 Å². The van der Waals surface area contributed by atoms with Crippen LogP contribution in [0.25, 0.3) is 5.69 Å². The van der Waals surface area contributed by atoms with Gasteiger partial charge in [-0.3, -0.25) is 9.36 Å². The first-order valence-corrected chi connectivity index (χ1v) is 9.97. The van der Waals surface area contributed by atoms with E-state index in [0.717, 1.165) is 16.6 Å². The van der Waals surface area contributed by atoms with Crippen molar-refractivity contribution in [3.05, 3.63) is 53.9 Å². The van der Waals surface area contributed by atoms with Crippen molar-refractivity contribution in [2.24, 2.45) is 0 Å². The van der Waals surface area contributed by atoms with Crippen molar-refractivity contribution in [3.63, 3.8) is 0 Å². The Morgan fingerprint density at radius 2 is 1.79 bits per heavy atom. The van der Waals surface area contributed by atoms with Crippen LogP contribution in [0, 0.1) is 0 Å². The zero-order chi connectivity index (χ0) is 20.8. The lowest BCUT2D eigenvalue weighted by Gasteiger charge is -2.13. The van der Waals surface area contributed by atoms with Crippen LogP contribution < -0.4 is 19.5 Å². The quantitative estimate of drug-likeness (QED) is 0.567. The summed E-state index contributed by atoms with van der Waals surface area (Å²) in [4.78, 5) is 12.7. The summed E-state index contributed by atoms with van der Waals surface area (Å²) < 4.78 is 17.7. The van der Waals surface area contributed by atoms with Crippen LogP contribution in [0.4, 0.5) is 0 Å². The highest BCUT2D eigenvalue weighted by Gasteiger charge is 2.18. The minimum Gasteiger partial charge on any atom is -0.497 e. The van der Waals surface area contributed by atoms with Crippen molar-refractivity contribution in [2.75, 3.05) is 27.6 Å². The Kier molecular flexibility index (Phi) is 6.61. The van der Waals surface area contributed by atoms with Crippen molar-refractivity contribution in [1.82, 2.24) is 20.1 Å². The Morgan fingerprint density at radius 3 is 2.41 bits per heavy atom. The molecule has 0 radical (unpaired) electrons. The molecule has 0 saturated heterocycles. The minimum absolute atomic E-state index is 0.193. The van der Waals surface area contributed by atoms with Crippen LogP contribution in [0.15, 0.2) is 47.6 Å². The molecule has 1 aromatic heterocycles. The fourth-order valence-electron chi connectivity index (χ4n) is 2.86. The summed E-state index contributed by atoms with van der Waals surface area (Å²) in [6, 6.07) is 12.7. The Morgan fingerprint density at radius 1 is 1.03 bits per heavy atom. The Hall–Kier alpha value is -3.20. The van der Waals surface area contributed by atoms with Crippen molar-refractivity contribution in [1.29, 1.82) is 0 Å². The fraction of sp³-hybridized carbons (Fsp3) is 0.250. The molecule has 8 nitrogen and oxygen atoms in total. The smallest absolute Gasteiger partial charge is 0.255 e. The number of ether oxygens (including phenoxy) is 3. The fourth-order valence-corrected chi connectivity index (χ4v) is 3.37. The molecule has 0 fully saturated rings. The number of benzene rings is 2. The normalized spacial score (nSPS) is 10.5. The predicted octanol–water partition coefficient (Wildman–Crippen LogP) is 2.95. The number of nitrogens with zero attached hydrogens (tertiary/aromatic N) is 3. The van der Waals surface area contributed by atoms with E-state index in [1.807, 2.05) is 35.1 Å². The molecule has 0 saturated carbocycles. The molecule has 0 bridgehead atoms. The van der Waals surface area contributed by atoms with E-state index in [4.69, 9.17) is 14.2 Å². The molecule has 1 amide bonds. The summed E-state index contributed by atoms with van der Waals surface area (Å²) in [5, 5.41) is 12.1. The molecule has 3 rings (SSSR count). The van der Waals surface area contributed by atoms with E-state index in [-0.39, 0.29) is 12.5 Å². The second kappa shape index (κ2) is 9.33. The van der Waals surface area contributed by atoms with Gasteiger partial charge in [-0.1, -0.05) is 17.8 Å². The predicted molar refractivity (Wildman–Crippen MR) is 110 cm³/mol. The molecule has 1 heterocycles. The van der Waals surface area contributed by atoms with Crippen LogP contribution in [-0.2, 0) is 6.54 Å². The Balaban J connectivity index is 1.84. The minimum atomic E-state index is -0.296. The average Bonchev–Trinajstić information content (AvgIpc) is 3.19. The summed E-state index contributed by atoms with van der Waals surface area (Å²) in [5.74, 6) is 1.94. The van der Waals surface area contributed by atoms with Crippen molar-refractivity contribution in [3.8, 4) is 22.9 Å². The number of hydrogen-bond acceptors (Lipinski definition) is 7. The van der Waals surface area contributed by atoms with Gasteiger partial charge in [-0.25, -0.2) is 0 Å². The molecule has 0 unspecified atom stereocenters. The lowest BCUT2D eigenvalue weighted by atomic mass is 10.1. The molecule has 0 aliphatic heterocycles. The van der Waals surface area contributed by atoms with Crippen LogP contribution >= 0.6 is 11.8 Å². The van der Waals surface area contributed by atoms with Gasteiger partial charge in [0, 0.05) is 5.69 Å². The number of carbonyl (C=O) groups excluding carboxylic acids is 1. The molecule has 3 aromatic rings. The molecule has 1 N–H and O–H groups in total.